The molecule has 88 valence electrons. The number of nitrogens with one attached hydrogen (secondary N) is 1. The lowest BCUT2D eigenvalue weighted by atomic mass is 9.86. The van der Waals surface area contributed by atoms with E-state index in [1.165, 1.54) is 12.8 Å². The van der Waals surface area contributed by atoms with E-state index in [1.54, 1.807) is 6.20 Å². The Balaban J connectivity index is 1.79. The van der Waals surface area contributed by atoms with Gasteiger partial charge in [-0.05, 0) is 44.6 Å². The Bertz CT molecular complexity index is 332. The summed E-state index contributed by atoms with van der Waals surface area (Å²) in [6.07, 6.45) is 6.59. The van der Waals surface area contributed by atoms with Crippen LogP contribution in [0.1, 0.15) is 31.5 Å². The van der Waals surface area contributed by atoms with Crippen molar-refractivity contribution in [3.05, 3.63) is 18.1 Å². The first-order valence-corrected chi connectivity index (χ1v) is 6.03. The van der Waals surface area contributed by atoms with Crippen LogP contribution in [-0.4, -0.2) is 22.6 Å². The molecule has 0 spiro atoms. The van der Waals surface area contributed by atoms with E-state index in [-0.39, 0.29) is 0 Å². The smallest absolute Gasteiger partial charge is 0.129 e. The lowest BCUT2D eigenvalue weighted by Gasteiger charge is -2.26. The van der Waals surface area contributed by atoms with Gasteiger partial charge in [0.1, 0.15) is 11.6 Å². The second-order valence-corrected chi connectivity index (χ2v) is 4.65. The van der Waals surface area contributed by atoms with E-state index in [2.05, 4.69) is 15.3 Å². The van der Waals surface area contributed by atoms with Gasteiger partial charge in [0, 0.05) is 18.8 Å². The monoisotopic (exact) mass is 220 g/mol. The molecule has 0 aliphatic heterocycles. The molecule has 1 aromatic heterocycles. The van der Waals surface area contributed by atoms with Crippen molar-refractivity contribution >= 4 is 5.82 Å². The standard InChI is InChI=1S/C12H20N4/c1-9-14-7-6-12(16-9)15-8-10-2-4-11(13)5-3-10/h6-7,10-11H,2-5,8,13H2,1H3,(H,14,15,16). The molecule has 0 unspecified atom stereocenters. The number of nitrogens with two attached hydrogens (primary N) is 1. The van der Waals surface area contributed by atoms with E-state index in [0.717, 1.165) is 36.9 Å². The number of hydrogen-bond donors (Lipinski definition) is 2. The second-order valence-electron chi connectivity index (χ2n) is 4.65. The lowest BCUT2D eigenvalue weighted by Crippen LogP contribution is -2.29. The number of nitrogens with zero attached hydrogens (tertiary/aromatic N) is 2. The van der Waals surface area contributed by atoms with E-state index in [1.807, 2.05) is 13.0 Å². The fourth-order valence-electron chi connectivity index (χ4n) is 2.20. The van der Waals surface area contributed by atoms with Crippen LogP contribution in [0, 0.1) is 12.8 Å². The summed E-state index contributed by atoms with van der Waals surface area (Å²) in [4.78, 5) is 8.40. The molecule has 1 aliphatic rings. The molecule has 0 bridgehead atoms. The molecule has 1 saturated carbocycles. The van der Waals surface area contributed by atoms with Gasteiger partial charge in [0.25, 0.3) is 0 Å². The van der Waals surface area contributed by atoms with Crippen LogP contribution in [0.2, 0.25) is 0 Å². The van der Waals surface area contributed by atoms with Gasteiger partial charge in [0.15, 0.2) is 0 Å². The second kappa shape index (κ2) is 5.25. The summed E-state index contributed by atoms with van der Waals surface area (Å²) in [7, 11) is 0. The molecule has 4 nitrogen and oxygen atoms in total. The number of anilines is 1. The molecule has 16 heavy (non-hydrogen) atoms. The number of aryl methyl sites for hydroxylation is 1. The maximum atomic E-state index is 5.88. The molecule has 0 radical (unpaired) electrons. The molecule has 2 rings (SSSR count). The summed E-state index contributed by atoms with van der Waals surface area (Å²) in [5, 5.41) is 3.38. The quantitative estimate of drug-likeness (QED) is 0.814. The van der Waals surface area contributed by atoms with Crippen LogP contribution >= 0.6 is 0 Å². The third-order valence-electron chi connectivity index (χ3n) is 3.24. The summed E-state index contributed by atoms with van der Waals surface area (Å²) in [5.41, 5.74) is 5.88. The van der Waals surface area contributed by atoms with Crippen LogP contribution in [0.5, 0.6) is 0 Å². The van der Waals surface area contributed by atoms with Gasteiger partial charge in [-0.15, -0.1) is 0 Å². The summed E-state index contributed by atoms with van der Waals surface area (Å²) in [5.74, 6) is 2.49. The van der Waals surface area contributed by atoms with E-state index < -0.39 is 0 Å². The zero-order chi connectivity index (χ0) is 11.4. The van der Waals surface area contributed by atoms with Crippen molar-refractivity contribution in [1.82, 2.24) is 9.97 Å². The van der Waals surface area contributed by atoms with E-state index in [0.29, 0.717) is 6.04 Å². The van der Waals surface area contributed by atoms with Crippen LogP contribution in [0.3, 0.4) is 0 Å². The van der Waals surface area contributed by atoms with Gasteiger partial charge in [-0.2, -0.15) is 0 Å². The van der Waals surface area contributed by atoms with E-state index in [4.69, 9.17) is 5.73 Å². The normalized spacial score (nSPS) is 25.4. The highest BCUT2D eigenvalue weighted by Gasteiger charge is 2.18. The average Bonchev–Trinajstić information content (AvgIpc) is 2.28. The third-order valence-corrected chi connectivity index (χ3v) is 3.24. The lowest BCUT2D eigenvalue weighted by molar-refractivity contribution is 0.338. The first-order chi connectivity index (χ1) is 7.74. The fraction of sp³-hybridized carbons (Fsp3) is 0.667. The first kappa shape index (κ1) is 11.3. The van der Waals surface area contributed by atoms with Gasteiger partial charge in [-0.3, -0.25) is 0 Å². The topological polar surface area (TPSA) is 63.8 Å². The minimum Gasteiger partial charge on any atom is -0.370 e. The molecule has 1 aliphatic carbocycles. The minimum atomic E-state index is 0.428. The minimum absolute atomic E-state index is 0.428. The summed E-state index contributed by atoms with van der Waals surface area (Å²) in [6, 6.07) is 2.35. The third kappa shape index (κ3) is 3.17. The predicted octanol–water partition coefficient (Wildman–Crippen LogP) is 1.71. The van der Waals surface area contributed by atoms with Gasteiger partial charge >= 0.3 is 0 Å². The molecule has 3 N–H and O–H groups in total. The van der Waals surface area contributed by atoms with Crippen LogP contribution < -0.4 is 11.1 Å². The highest BCUT2D eigenvalue weighted by atomic mass is 15.0. The Morgan fingerprint density at radius 2 is 2.12 bits per heavy atom. The zero-order valence-corrected chi connectivity index (χ0v) is 9.82. The molecule has 1 aromatic rings. The van der Waals surface area contributed by atoms with E-state index in [9.17, 15) is 0 Å². The number of hydrogen-bond acceptors (Lipinski definition) is 4. The van der Waals surface area contributed by atoms with Crippen LogP contribution in [0.4, 0.5) is 5.82 Å². The maximum absolute atomic E-state index is 5.88. The van der Waals surface area contributed by atoms with Gasteiger partial charge in [-0.1, -0.05) is 0 Å². The largest absolute Gasteiger partial charge is 0.370 e. The number of aromatic nitrogens is 2. The summed E-state index contributed by atoms with van der Waals surface area (Å²) >= 11 is 0. The van der Waals surface area contributed by atoms with Crippen molar-refractivity contribution in [3.63, 3.8) is 0 Å². The Kier molecular flexibility index (Phi) is 3.72. The first-order valence-electron chi connectivity index (χ1n) is 6.03. The Morgan fingerprint density at radius 1 is 1.38 bits per heavy atom. The molecule has 1 fully saturated rings. The van der Waals surface area contributed by atoms with Crippen molar-refractivity contribution in [2.24, 2.45) is 11.7 Å². The van der Waals surface area contributed by atoms with Gasteiger partial charge < -0.3 is 11.1 Å². The van der Waals surface area contributed by atoms with Crippen molar-refractivity contribution in [2.75, 3.05) is 11.9 Å². The molecule has 0 aromatic carbocycles. The van der Waals surface area contributed by atoms with Gasteiger partial charge in [-0.25, -0.2) is 9.97 Å². The van der Waals surface area contributed by atoms with Crippen LogP contribution in [0.15, 0.2) is 12.3 Å². The average molecular weight is 220 g/mol. The molecule has 1 heterocycles. The number of rotatable bonds is 3. The van der Waals surface area contributed by atoms with Crippen molar-refractivity contribution in [2.45, 2.75) is 38.6 Å². The highest BCUT2D eigenvalue weighted by molar-refractivity contribution is 5.32. The van der Waals surface area contributed by atoms with Crippen molar-refractivity contribution in [3.8, 4) is 0 Å². The van der Waals surface area contributed by atoms with Gasteiger partial charge in [0.2, 0.25) is 0 Å². The molecular formula is C12H20N4. The molecule has 0 saturated heterocycles. The summed E-state index contributed by atoms with van der Waals surface area (Å²) < 4.78 is 0. The SMILES string of the molecule is Cc1nccc(NCC2CCC(N)CC2)n1. The highest BCUT2D eigenvalue weighted by Crippen LogP contribution is 2.23. The van der Waals surface area contributed by atoms with Crippen LogP contribution in [0.25, 0.3) is 0 Å². The van der Waals surface area contributed by atoms with E-state index >= 15 is 0 Å². The fourth-order valence-corrected chi connectivity index (χ4v) is 2.20. The van der Waals surface area contributed by atoms with Crippen molar-refractivity contribution < 1.29 is 0 Å². The Hall–Kier alpha value is -1.16. The maximum Gasteiger partial charge on any atom is 0.129 e. The zero-order valence-electron chi connectivity index (χ0n) is 9.82. The van der Waals surface area contributed by atoms with Crippen molar-refractivity contribution in [1.29, 1.82) is 0 Å². The summed E-state index contributed by atoms with van der Waals surface area (Å²) in [6.45, 7) is 2.91. The molecule has 4 heteroatoms. The Labute approximate surface area is 96.7 Å². The molecular weight excluding hydrogens is 200 g/mol. The molecule has 0 atom stereocenters. The van der Waals surface area contributed by atoms with Gasteiger partial charge in [0.05, 0.1) is 0 Å². The predicted molar refractivity (Wildman–Crippen MR) is 65.2 cm³/mol. The van der Waals surface area contributed by atoms with Crippen LogP contribution in [-0.2, 0) is 0 Å². The molecule has 0 amide bonds. The Morgan fingerprint density at radius 3 is 2.81 bits per heavy atom.